The van der Waals surface area contributed by atoms with Gasteiger partial charge in [0, 0.05) is 23.2 Å². The van der Waals surface area contributed by atoms with Crippen LogP contribution in [0.15, 0.2) is 34.9 Å². The third-order valence-electron chi connectivity index (χ3n) is 3.14. The van der Waals surface area contributed by atoms with Crippen LogP contribution in [0.1, 0.15) is 19.5 Å². The lowest BCUT2D eigenvalue weighted by Gasteiger charge is -2.12. The molecule has 0 unspecified atom stereocenters. The molecule has 2 rings (SSSR count). The van der Waals surface area contributed by atoms with Crippen LogP contribution in [0.4, 0.5) is 0 Å². The minimum atomic E-state index is -0.0688. The molecule has 7 heteroatoms. The molecule has 1 aromatic carbocycles. The van der Waals surface area contributed by atoms with Crippen molar-refractivity contribution in [1.29, 1.82) is 0 Å². The predicted molar refractivity (Wildman–Crippen MR) is 94.0 cm³/mol. The zero-order valence-corrected chi connectivity index (χ0v) is 14.7. The van der Waals surface area contributed by atoms with Gasteiger partial charge >= 0.3 is 0 Å². The number of hydrogen-bond donors (Lipinski definition) is 2. The summed E-state index contributed by atoms with van der Waals surface area (Å²) in [5.41, 5.74) is 1.44. The Morgan fingerprint density at radius 2 is 2.04 bits per heavy atom. The van der Waals surface area contributed by atoms with Crippen molar-refractivity contribution in [3.8, 4) is 11.5 Å². The second-order valence-electron chi connectivity index (χ2n) is 5.09. The first kappa shape index (κ1) is 19.5. The SMILES string of the molecule is CCN[C@H](C)CNC(=O)Cc1coc(-c2ccc(Cl)cc2)n1.Cl. The average Bonchev–Trinajstić information content (AvgIpc) is 2.95. The molecule has 0 saturated carbocycles. The van der Waals surface area contributed by atoms with E-state index in [1.807, 2.05) is 26.0 Å². The Labute approximate surface area is 147 Å². The number of hydrogen-bond acceptors (Lipinski definition) is 4. The maximum absolute atomic E-state index is 11.9. The maximum Gasteiger partial charge on any atom is 0.226 e. The number of nitrogens with zero attached hydrogens (tertiary/aromatic N) is 1. The Morgan fingerprint density at radius 1 is 1.35 bits per heavy atom. The number of oxazole rings is 1. The second-order valence-corrected chi connectivity index (χ2v) is 5.53. The molecule has 5 nitrogen and oxygen atoms in total. The monoisotopic (exact) mass is 357 g/mol. The lowest BCUT2D eigenvalue weighted by atomic mass is 10.2. The van der Waals surface area contributed by atoms with Gasteiger partial charge in [0.05, 0.1) is 12.1 Å². The summed E-state index contributed by atoms with van der Waals surface area (Å²) in [4.78, 5) is 16.2. The number of carbonyl (C=O) groups excluding carboxylic acids is 1. The molecular weight excluding hydrogens is 337 g/mol. The van der Waals surface area contributed by atoms with E-state index in [1.54, 1.807) is 12.1 Å². The zero-order chi connectivity index (χ0) is 15.9. The number of aromatic nitrogens is 1. The van der Waals surface area contributed by atoms with Gasteiger partial charge < -0.3 is 15.1 Å². The Balaban J connectivity index is 0.00000264. The first-order valence-corrected chi connectivity index (χ1v) is 7.66. The summed E-state index contributed by atoms with van der Waals surface area (Å²) in [6, 6.07) is 7.45. The zero-order valence-electron chi connectivity index (χ0n) is 13.1. The highest BCUT2D eigenvalue weighted by molar-refractivity contribution is 6.30. The Kier molecular flexibility index (Phi) is 8.09. The predicted octanol–water partition coefficient (Wildman–Crippen LogP) is 3.07. The van der Waals surface area contributed by atoms with Gasteiger partial charge in [0.1, 0.15) is 6.26 Å². The standard InChI is InChI=1S/C16H20ClN3O2.ClH/c1-3-18-11(2)9-19-15(21)8-14-10-22-16(20-14)12-4-6-13(17)7-5-12;/h4-7,10-11,18H,3,8-9H2,1-2H3,(H,19,21);1H/t11-;/m1./s1. The fourth-order valence-electron chi connectivity index (χ4n) is 2.03. The van der Waals surface area contributed by atoms with Crippen LogP contribution in [0.25, 0.3) is 11.5 Å². The Morgan fingerprint density at radius 3 is 2.70 bits per heavy atom. The quantitative estimate of drug-likeness (QED) is 0.798. The van der Waals surface area contributed by atoms with Gasteiger partial charge in [0.2, 0.25) is 11.8 Å². The molecule has 23 heavy (non-hydrogen) atoms. The molecular formula is C16H21Cl2N3O2. The van der Waals surface area contributed by atoms with Gasteiger partial charge in [-0.15, -0.1) is 12.4 Å². The number of carbonyl (C=O) groups is 1. The van der Waals surface area contributed by atoms with Gasteiger partial charge in [-0.25, -0.2) is 4.98 Å². The van der Waals surface area contributed by atoms with Crippen molar-refractivity contribution in [2.75, 3.05) is 13.1 Å². The molecule has 1 aromatic heterocycles. The third kappa shape index (κ3) is 6.22. The fraction of sp³-hybridized carbons (Fsp3) is 0.375. The van der Waals surface area contributed by atoms with Crippen LogP contribution in [0.5, 0.6) is 0 Å². The summed E-state index contributed by atoms with van der Waals surface area (Å²) in [6.45, 7) is 5.53. The van der Waals surface area contributed by atoms with E-state index in [4.69, 9.17) is 16.0 Å². The van der Waals surface area contributed by atoms with Crippen molar-refractivity contribution in [3.63, 3.8) is 0 Å². The van der Waals surface area contributed by atoms with E-state index in [0.717, 1.165) is 12.1 Å². The molecule has 126 valence electrons. The van der Waals surface area contributed by atoms with Crippen molar-refractivity contribution in [1.82, 2.24) is 15.6 Å². The maximum atomic E-state index is 11.9. The topological polar surface area (TPSA) is 67.2 Å². The average molecular weight is 358 g/mol. The Bertz CT molecular complexity index is 614. The fourth-order valence-corrected chi connectivity index (χ4v) is 2.15. The van der Waals surface area contributed by atoms with E-state index in [-0.39, 0.29) is 30.8 Å². The summed E-state index contributed by atoms with van der Waals surface area (Å²) in [6.07, 6.45) is 1.72. The molecule has 0 fully saturated rings. The van der Waals surface area contributed by atoms with E-state index in [0.29, 0.717) is 23.2 Å². The normalized spacial score (nSPS) is 11.6. The minimum absolute atomic E-state index is 0. The highest BCUT2D eigenvalue weighted by Crippen LogP contribution is 2.20. The Hall–Kier alpha value is -1.56. The molecule has 0 spiro atoms. The summed E-state index contributed by atoms with van der Waals surface area (Å²) < 4.78 is 5.41. The lowest BCUT2D eigenvalue weighted by Crippen LogP contribution is -2.39. The van der Waals surface area contributed by atoms with Crippen molar-refractivity contribution < 1.29 is 9.21 Å². The van der Waals surface area contributed by atoms with E-state index < -0.39 is 0 Å². The summed E-state index contributed by atoms with van der Waals surface area (Å²) >= 11 is 5.85. The van der Waals surface area contributed by atoms with Crippen LogP contribution in [-0.2, 0) is 11.2 Å². The molecule has 2 aromatic rings. The van der Waals surface area contributed by atoms with Gasteiger partial charge in [0.15, 0.2) is 0 Å². The van der Waals surface area contributed by atoms with Gasteiger partial charge in [-0.05, 0) is 37.7 Å². The molecule has 0 aliphatic carbocycles. The molecule has 0 saturated heterocycles. The lowest BCUT2D eigenvalue weighted by molar-refractivity contribution is -0.120. The van der Waals surface area contributed by atoms with E-state index in [1.165, 1.54) is 6.26 Å². The molecule has 1 atom stereocenters. The number of amides is 1. The smallest absolute Gasteiger partial charge is 0.226 e. The largest absolute Gasteiger partial charge is 0.444 e. The van der Waals surface area contributed by atoms with Crippen LogP contribution >= 0.6 is 24.0 Å². The van der Waals surface area contributed by atoms with Gasteiger partial charge in [-0.3, -0.25) is 4.79 Å². The van der Waals surface area contributed by atoms with E-state index in [9.17, 15) is 4.79 Å². The minimum Gasteiger partial charge on any atom is -0.444 e. The van der Waals surface area contributed by atoms with Crippen molar-refractivity contribution in [2.24, 2.45) is 0 Å². The van der Waals surface area contributed by atoms with Crippen LogP contribution in [0, 0.1) is 0 Å². The number of likely N-dealkylation sites (N-methyl/N-ethyl adjacent to an activating group) is 1. The molecule has 0 aliphatic heterocycles. The van der Waals surface area contributed by atoms with Crippen molar-refractivity contribution >= 4 is 29.9 Å². The van der Waals surface area contributed by atoms with Crippen LogP contribution in [-0.4, -0.2) is 30.0 Å². The molecule has 0 radical (unpaired) electrons. The van der Waals surface area contributed by atoms with Crippen molar-refractivity contribution in [2.45, 2.75) is 26.3 Å². The van der Waals surface area contributed by atoms with Crippen molar-refractivity contribution in [3.05, 3.63) is 41.2 Å². The first-order chi connectivity index (χ1) is 10.6. The summed E-state index contributed by atoms with van der Waals surface area (Å²) in [5, 5.41) is 6.76. The number of benzene rings is 1. The molecule has 0 bridgehead atoms. The molecule has 1 amide bonds. The molecule has 1 heterocycles. The number of rotatable bonds is 7. The highest BCUT2D eigenvalue weighted by atomic mass is 35.5. The van der Waals surface area contributed by atoms with Gasteiger partial charge in [-0.2, -0.15) is 0 Å². The van der Waals surface area contributed by atoms with Crippen LogP contribution < -0.4 is 10.6 Å². The second kappa shape index (κ2) is 9.55. The van der Waals surface area contributed by atoms with E-state index in [2.05, 4.69) is 15.6 Å². The summed E-state index contributed by atoms with van der Waals surface area (Å²) in [5.74, 6) is 0.418. The number of nitrogens with one attached hydrogen (secondary N) is 2. The first-order valence-electron chi connectivity index (χ1n) is 7.29. The third-order valence-corrected chi connectivity index (χ3v) is 3.39. The molecule has 0 aliphatic rings. The van der Waals surface area contributed by atoms with Crippen LogP contribution in [0.3, 0.4) is 0 Å². The van der Waals surface area contributed by atoms with Crippen LogP contribution in [0.2, 0.25) is 5.02 Å². The van der Waals surface area contributed by atoms with E-state index >= 15 is 0 Å². The van der Waals surface area contributed by atoms with Gasteiger partial charge in [-0.1, -0.05) is 18.5 Å². The summed E-state index contributed by atoms with van der Waals surface area (Å²) in [7, 11) is 0. The number of halogens is 2. The molecule has 2 N–H and O–H groups in total. The van der Waals surface area contributed by atoms with Gasteiger partial charge in [0.25, 0.3) is 0 Å². The highest BCUT2D eigenvalue weighted by Gasteiger charge is 2.11.